The molecule has 1 rings (SSSR count). The summed E-state index contributed by atoms with van der Waals surface area (Å²) in [6.07, 6.45) is 1.08. The molecule has 0 aliphatic heterocycles. The molecule has 0 saturated heterocycles. The highest BCUT2D eigenvalue weighted by molar-refractivity contribution is 5.76. The van der Waals surface area contributed by atoms with Crippen LogP contribution in [-0.2, 0) is 4.79 Å². The molecule has 0 unspecified atom stereocenters. The van der Waals surface area contributed by atoms with Crippen LogP contribution in [-0.4, -0.2) is 12.5 Å². The van der Waals surface area contributed by atoms with Gasteiger partial charge in [-0.15, -0.1) is 0 Å². The number of hydrogen-bond donors (Lipinski definition) is 2. The number of benzene rings is 1. The molecule has 0 spiro atoms. The van der Waals surface area contributed by atoms with Gasteiger partial charge in [-0.3, -0.25) is 4.79 Å². The lowest BCUT2D eigenvalue weighted by Gasteiger charge is -2.14. The highest BCUT2D eigenvalue weighted by Gasteiger charge is 2.09. The van der Waals surface area contributed by atoms with Gasteiger partial charge in [-0.2, -0.15) is 0 Å². The van der Waals surface area contributed by atoms with Crippen LogP contribution in [0.25, 0.3) is 0 Å². The lowest BCUT2D eigenvalue weighted by Crippen LogP contribution is -2.26. The van der Waals surface area contributed by atoms with Gasteiger partial charge < -0.3 is 11.1 Å². The number of nitrogens with one attached hydrogen (secondary N) is 1. The van der Waals surface area contributed by atoms with Crippen LogP contribution < -0.4 is 11.1 Å². The fraction of sp³-hybridized carbons (Fsp3) is 0.417. The second kappa shape index (κ2) is 6.23. The van der Waals surface area contributed by atoms with Crippen LogP contribution in [0.4, 0.5) is 4.39 Å². The first-order chi connectivity index (χ1) is 7.63. The maximum Gasteiger partial charge on any atom is 0.220 e. The van der Waals surface area contributed by atoms with E-state index in [-0.39, 0.29) is 17.8 Å². The van der Waals surface area contributed by atoms with Crippen molar-refractivity contribution < 1.29 is 9.18 Å². The molecule has 0 aliphatic carbocycles. The molecule has 0 bridgehead atoms. The maximum absolute atomic E-state index is 12.9. The van der Waals surface area contributed by atoms with E-state index in [9.17, 15) is 9.18 Å². The minimum absolute atomic E-state index is 0.0535. The van der Waals surface area contributed by atoms with Crippen molar-refractivity contribution in [2.45, 2.75) is 25.8 Å². The molecule has 4 heteroatoms. The van der Waals surface area contributed by atoms with Crippen molar-refractivity contribution in [3.05, 3.63) is 35.6 Å². The molecule has 88 valence electrons. The van der Waals surface area contributed by atoms with Crippen LogP contribution in [0.3, 0.4) is 0 Å². The number of amides is 1. The van der Waals surface area contributed by atoms with Gasteiger partial charge in [0.25, 0.3) is 0 Å². The van der Waals surface area contributed by atoms with E-state index in [1.165, 1.54) is 12.1 Å². The first-order valence-corrected chi connectivity index (χ1v) is 5.38. The van der Waals surface area contributed by atoms with Crippen LogP contribution in [0, 0.1) is 5.82 Å². The van der Waals surface area contributed by atoms with Crippen molar-refractivity contribution in [3.63, 3.8) is 0 Å². The van der Waals surface area contributed by atoms with E-state index in [4.69, 9.17) is 5.73 Å². The van der Waals surface area contributed by atoms with Gasteiger partial charge in [-0.05, 0) is 37.6 Å². The average molecular weight is 224 g/mol. The van der Waals surface area contributed by atoms with Crippen LogP contribution in [0.15, 0.2) is 24.3 Å². The standard InChI is InChI=1S/C12H17FN2O/c1-9(15-12(16)6-3-7-14)10-4-2-5-11(13)8-10/h2,4-5,8-9H,3,6-7,14H2,1H3,(H,15,16)/t9-/m1/s1. The summed E-state index contributed by atoms with van der Waals surface area (Å²) in [6.45, 7) is 2.33. The van der Waals surface area contributed by atoms with Gasteiger partial charge in [-0.1, -0.05) is 12.1 Å². The topological polar surface area (TPSA) is 55.1 Å². The Morgan fingerprint density at radius 2 is 2.31 bits per heavy atom. The minimum Gasteiger partial charge on any atom is -0.350 e. The summed E-state index contributed by atoms with van der Waals surface area (Å²) >= 11 is 0. The van der Waals surface area contributed by atoms with Crippen molar-refractivity contribution in [3.8, 4) is 0 Å². The van der Waals surface area contributed by atoms with Crippen molar-refractivity contribution in [1.29, 1.82) is 0 Å². The Bertz CT molecular complexity index is 355. The molecule has 0 aliphatic rings. The quantitative estimate of drug-likeness (QED) is 0.800. The zero-order valence-electron chi connectivity index (χ0n) is 9.37. The smallest absolute Gasteiger partial charge is 0.220 e. The third-order valence-electron chi connectivity index (χ3n) is 2.33. The normalized spacial score (nSPS) is 12.2. The van der Waals surface area contributed by atoms with E-state index in [0.717, 1.165) is 5.56 Å². The van der Waals surface area contributed by atoms with Gasteiger partial charge in [0.2, 0.25) is 5.91 Å². The van der Waals surface area contributed by atoms with Crippen molar-refractivity contribution in [2.75, 3.05) is 6.54 Å². The molecule has 0 heterocycles. The number of nitrogens with two attached hydrogens (primary N) is 1. The average Bonchev–Trinajstić information content (AvgIpc) is 2.26. The highest BCUT2D eigenvalue weighted by atomic mass is 19.1. The Hall–Kier alpha value is -1.42. The van der Waals surface area contributed by atoms with Crippen molar-refractivity contribution in [2.24, 2.45) is 5.73 Å². The van der Waals surface area contributed by atoms with E-state index >= 15 is 0 Å². The summed E-state index contributed by atoms with van der Waals surface area (Å²) in [6, 6.07) is 6.05. The van der Waals surface area contributed by atoms with Crippen LogP contribution in [0.2, 0.25) is 0 Å². The first-order valence-electron chi connectivity index (χ1n) is 5.38. The molecule has 0 fully saturated rings. The summed E-state index contributed by atoms with van der Waals surface area (Å²) in [7, 11) is 0. The molecular formula is C12H17FN2O. The second-order valence-corrected chi connectivity index (χ2v) is 3.74. The summed E-state index contributed by atoms with van der Waals surface area (Å²) in [5.74, 6) is -0.345. The molecule has 1 aromatic carbocycles. The number of carbonyl (C=O) groups excluding carboxylic acids is 1. The van der Waals surface area contributed by atoms with Gasteiger partial charge in [0.05, 0.1) is 6.04 Å². The van der Waals surface area contributed by atoms with E-state index in [1.54, 1.807) is 12.1 Å². The highest BCUT2D eigenvalue weighted by Crippen LogP contribution is 2.13. The predicted octanol–water partition coefficient (Wildman–Crippen LogP) is 1.74. The number of halogens is 1. The van der Waals surface area contributed by atoms with E-state index in [2.05, 4.69) is 5.32 Å². The van der Waals surface area contributed by atoms with Gasteiger partial charge >= 0.3 is 0 Å². The maximum atomic E-state index is 12.9. The molecule has 3 N–H and O–H groups in total. The molecule has 3 nitrogen and oxygen atoms in total. The molecule has 0 radical (unpaired) electrons. The summed E-state index contributed by atoms with van der Waals surface area (Å²) in [5.41, 5.74) is 6.07. The van der Waals surface area contributed by atoms with Crippen molar-refractivity contribution in [1.82, 2.24) is 5.32 Å². The monoisotopic (exact) mass is 224 g/mol. The molecular weight excluding hydrogens is 207 g/mol. The molecule has 1 amide bonds. The first kappa shape index (κ1) is 12.6. The Morgan fingerprint density at radius 1 is 1.56 bits per heavy atom. The Balaban J connectivity index is 2.52. The fourth-order valence-electron chi connectivity index (χ4n) is 1.44. The molecule has 1 aromatic rings. The summed E-state index contributed by atoms with van der Waals surface area (Å²) in [4.78, 5) is 11.4. The Morgan fingerprint density at radius 3 is 2.94 bits per heavy atom. The van der Waals surface area contributed by atoms with Crippen molar-refractivity contribution >= 4 is 5.91 Å². The second-order valence-electron chi connectivity index (χ2n) is 3.74. The lowest BCUT2D eigenvalue weighted by molar-refractivity contribution is -0.121. The largest absolute Gasteiger partial charge is 0.350 e. The fourth-order valence-corrected chi connectivity index (χ4v) is 1.44. The zero-order valence-corrected chi connectivity index (χ0v) is 9.37. The van der Waals surface area contributed by atoms with Crippen LogP contribution in [0.5, 0.6) is 0 Å². The predicted molar refractivity (Wildman–Crippen MR) is 61.2 cm³/mol. The molecule has 1 atom stereocenters. The molecule has 0 aromatic heterocycles. The Kier molecular flexibility index (Phi) is 4.92. The third kappa shape index (κ3) is 3.98. The SMILES string of the molecule is C[C@@H](NC(=O)CCCN)c1cccc(F)c1. The van der Waals surface area contributed by atoms with Gasteiger partial charge in [0, 0.05) is 6.42 Å². The van der Waals surface area contributed by atoms with E-state index in [1.807, 2.05) is 6.92 Å². The summed E-state index contributed by atoms with van der Waals surface area (Å²) in [5, 5.41) is 2.80. The van der Waals surface area contributed by atoms with Gasteiger partial charge in [0.15, 0.2) is 0 Å². The van der Waals surface area contributed by atoms with E-state index in [0.29, 0.717) is 19.4 Å². The zero-order chi connectivity index (χ0) is 12.0. The lowest BCUT2D eigenvalue weighted by atomic mass is 10.1. The van der Waals surface area contributed by atoms with Gasteiger partial charge in [-0.25, -0.2) is 4.39 Å². The Labute approximate surface area is 94.8 Å². The van der Waals surface area contributed by atoms with Crippen LogP contribution in [0.1, 0.15) is 31.4 Å². The third-order valence-corrected chi connectivity index (χ3v) is 2.33. The van der Waals surface area contributed by atoms with E-state index < -0.39 is 0 Å². The summed E-state index contributed by atoms with van der Waals surface area (Å²) < 4.78 is 12.9. The van der Waals surface area contributed by atoms with Gasteiger partial charge in [0.1, 0.15) is 5.82 Å². The number of carbonyl (C=O) groups is 1. The van der Waals surface area contributed by atoms with Crippen LogP contribution >= 0.6 is 0 Å². The number of rotatable bonds is 5. The molecule has 16 heavy (non-hydrogen) atoms. The minimum atomic E-state index is -0.291. The number of hydrogen-bond acceptors (Lipinski definition) is 2. The molecule has 0 saturated carbocycles.